The molecule has 4 heteroatoms. The van der Waals surface area contributed by atoms with E-state index in [-0.39, 0.29) is 10.8 Å². The number of nitrogens with zero attached hydrogens (tertiary/aromatic N) is 4. The Labute approximate surface area is 614 Å². The summed E-state index contributed by atoms with van der Waals surface area (Å²) in [5, 5.41) is 21.2. The highest BCUT2D eigenvalue weighted by atomic mass is 14.8. The molecule has 18 aromatic rings. The Morgan fingerprint density at radius 3 is 1.09 bits per heavy atom. The summed E-state index contributed by atoms with van der Waals surface area (Å²) in [6.07, 6.45) is 26.2. The van der Waals surface area contributed by atoms with Gasteiger partial charge in [0.2, 0.25) is 0 Å². The van der Waals surface area contributed by atoms with Crippen molar-refractivity contribution < 1.29 is 0 Å². The third-order valence-electron chi connectivity index (χ3n) is 25.1. The smallest absolute Gasteiger partial charge is 0.0930 e. The minimum absolute atomic E-state index is 0.237. The molecule has 0 fully saturated rings. The molecule has 4 aromatic heterocycles. The fourth-order valence-corrected chi connectivity index (χ4v) is 19.7. The zero-order valence-corrected chi connectivity index (χ0v) is 59.3. The summed E-state index contributed by atoms with van der Waals surface area (Å²) in [4.78, 5) is 20.5. The predicted octanol–water partition coefficient (Wildman–Crippen LogP) is 26.4. The molecular formula is C102H68N4. The summed E-state index contributed by atoms with van der Waals surface area (Å²) in [6, 6.07) is 86.4. The molecule has 0 unspecified atom stereocenters. The molecule has 0 atom stereocenters. The van der Waals surface area contributed by atoms with Gasteiger partial charge in [-0.15, -0.1) is 0 Å². The van der Waals surface area contributed by atoms with Crippen LogP contribution in [0.15, 0.2) is 280 Å². The molecule has 0 radical (unpaired) electrons. The lowest BCUT2D eigenvalue weighted by Gasteiger charge is -2.25. The van der Waals surface area contributed by atoms with Crippen LogP contribution in [0.5, 0.6) is 0 Å². The van der Waals surface area contributed by atoms with Crippen molar-refractivity contribution >= 4 is 109 Å². The van der Waals surface area contributed by atoms with Gasteiger partial charge < -0.3 is 0 Å². The van der Waals surface area contributed by atoms with Crippen LogP contribution < -0.4 is 0 Å². The van der Waals surface area contributed by atoms with Crippen LogP contribution in [0.25, 0.3) is 199 Å². The van der Waals surface area contributed by atoms with Crippen molar-refractivity contribution in [2.45, 2.75) is 64.2 Å². The summed E-state index contributed by atoms with van der Waals surface area (Å²) < 4.78 is 0. The van der Waals surface area contributed by atoms with Crippen molar-refractivity contribution in [2.24, 2.45) is 0 Å². The molecule has 0 saturated heterocycles. The predicted molar refractivity (Wildman–Crippen MR) is 445 cm³/mol. The normalized spacial score (nSPS) is 15.0. The summed E-state index contributed by atoms with van der Waals surface area (Å²) >= 11 is 0. The van der Waals surface area contributed by atoms with Crippen molar-refractivity contribution in [2.75, 3.05) is 0 Å². The van der Waals surface area contributed by atoms with Gasteiger partial charge in [-0.1, -0.05) is 264 Å². The first-order valence-electron chi connectivity index (χ1n) is 37.5. The average molecular weight is 1350 g/mol. The van der Waals surface area contributed by atoms with Crippen LogP contribution in [0.2, 0.25) is 0 Å². The van der Waals surface area contributed by atoms with Gasteiger partial charge in [0.1, 0.15) is 0 Å². The number of benzene rings is 14. The van der Waals surface area contributed by atoms with Crippen molar-refractivity contribution in [1.82, 2.24) is 19.9 Å². The summed E-state index contributed by atoms with van der Waals surface area (Å²) in [7, 11) is 0. The van der Waals surface area contributed by atoms with Gasteiger partial charge in [-0.3, -0.25) is 19.9 Å². The van der Waals surface area contributed by atoms with Gasteiger partial charge >= 0.3 is 0 Å². The Morgan fingerprint density at radius 1 is 0.264 bits per heavy atom. The topological polar surface area (TPSA) is 51.6 Å². The molecule has 6 aliphatic rings. The van der Waals surface area contributed by atoms with E-state index in [1.165, 1.54) is 209 Å². The minimum Gasteiger partial charge on any atom is -0.254 e. The zero-order valence-electron chi connectivity index (χ0n) is 59.3. The maximum Gasteiger partial charge on any atom is 0.0930 e. The number of hydrogen-bond acceptors (Lipinski definition) is 4. The van der Waals surface area contributed by atoms with Crippen LogP contribution in [-0.4, -0.2) is 19.9 Å². The quantitative estimate of drug-likeness (QED) is 0.156. The Hall–Kier alpha value is -12.8. The van der Waals surface area contributed by atoms with Crippen LogP contribution in [0.4, 0.5) is 0 Å². The average Bonchev–Trinajstić information content (AvgIpc) is 1.54. The lowest BCUT2D eigenvalue weighted by molar-refractivity contribution is 0.658. The fourth-order valence-electron chi connectivity index (χ4n) is 19.7. The Bertz CT molecular complexity index is 7080. The molecule has 4 heterocycles. The third kappa shape index (κ3) is 8.52. The minimum atomic E-state index is -0.249. The highest BCUT2D eigenvalue weighted by molar-refractivity contribution is 6.27. The first kappa shape index (κ1) is 59.7. The van der Waals surface area contributed by atoms with Gasteiger partial charge in [0.25, 0.3) is 0 Å². The summed E-state index contributed by atoms with van der Waals surface area (Å²) in [6.45, 7) is 9.31. The molecular weight excluding hydrogens is 1280 g/mol. The van der Waals surface area contributed by atoms with Gasteiger partial charge in [-0.2, -0.15) is 0 Å². The van der Waals surface area contributed by atoms with Crippen molar-refractivity contribution in [3.8, 4) is 89.5 Å². The van der Waals surface area contributed by atoms with Crippen LogP contribution >= 0.6 is 0 Å². The number of pyridine rings is 4. The van der Waals surface area contributed by atoms with Gasteiger partial charge in [-0.05, 0) is 253 Å². The summed E-state index contributed by atoms with van der Waals surface area (Å²) in [5.74, 6) is 0. The second kappa shape index (κ2) is 21.9. The lowest BCUT2D eigenvalue weighted by atomic mass is 9.79. The van der Waals surface area contributed by atoms with Crippen LogP contribution in [0.3, 0.4) is 0 Å². The second-order valence-electron chi connectivity index (χ2n) is 31.4. The van der Waals surface area contributed by atoms with Crippen molar-refractivity contribution in [1.29, 1.82) is 0 Å². The largest absolute Gasteiger partial charge is 0.254 e. The van der Waals surface area contributed by atoms with E-state index in [1.807, 2.05) is 12.4 Å². The number of allylic oxidation sites excluding steroid dienone is 6. The van der Waals surface area contributed by atoms with E-state index in [0.29, 0.717) is 0 Å². The second-order valence-corrected chi connectivity index (χ2v) is 31.4. The molecule has 4 nitrogen and oxygen atoms in total. The van der Waals surface area contributed by atoms with E-state index in [4.69, 9.17) is 19.9 Å². The number of aromatic nitrogens is 4. The highest BCUT2D eigenvalue weighted by Crippen LogP contribution is 2.54. The van der Waals surface area contributed by atoms with Crippen molar-refractivity contribution in [3.63, 3.8) is 0 Å². The molecule has 106 heavy (non-hydrogen) atoms. The maximum atomic E-state index is 5.15. The molecule has 0 spiro atoms. The monoisotopic (exact) mass is 1350 g/mol. The first-order valence-corrected chi connectivity index (χ1v) is 37.5. The molecule has 6 aliphatic carbocycles. The lowest BCUT2D eigenvalue weighted by Crippen LogP contribution is -2.15. The van der Waals surface area contributed by atoms with Gasteiger partial charge in [-0.25, -0.2) is 0 Å². The van der Waals surface area contributed by atoms with Gasteiger partial charge in [0.15, 0.2) is 0 Å². The molecule has 496 valence electrons. The summed E-state index contributed by atoms with van der Waals surface area (Å²) in [5.41, 5.74) is 34.1. The third-order valence-corrected chi connectivity index (χ3v) is 25.1. The fraction of sp³-hybridized carbons (Fsp3) is 0.0980. The Kier molecular flexibility index (Phi) is 12.3. The van der Waals surface area contributed by atoms with E-state index in [0.717, 1.165) is 59.6 Å². The first-order chi connectivity index (χ1) is 52.0. The number of rotatable bonds is 6. The molecule has 0 N–H and O–H groups in total. The highest BCUT2D eigenvalue weighted by Gasteiger charge is 2.40. The zero-order chi connectivity index (χ0) is 70.0. The molecule has 14 aromatic carbocycles. The number of hydrogen-bond donors (Lipinski definition) is 0. The standard InChI is InChI=1S/2C51H34N2/c1-51(2)43-25-37(35-10-5-11-36(24-35)39-20-16-33-14-12-29-6-3-8-31-18-22-41(39)47(33)45(29)31)27-52-49(43)50-44(51)26-38(28-53-50)40-21-17-34-15-13-30-7-4-9-32-19-23-42(40)48(34)46(30)32;1-51(2)43-25-37(29-9-11-30(12-10-29)39-21-17-35-15-13-31-5-3-7-33-19-23-41(39)47(35)45(31)33)27-52-49(43)50-44(51)26-38(28-53-50)40-22-18-36-16-14-32-6-4-8-34-20-24-42(40)48(36)46(32)34/h3-6,8-14,16-28H,7,15H2,1-2H3;3-5,7-15,17-28H,6,16H2,1-2H3. The van der Waals surface area contributed by atoms with Crippen LogP contribution in [0, 0.1) is 0 Å². The molecule has 0 saturated carbocycles. The SMILES string of the molecule is CC1(C)c2cc(-c3ccc(-c4ccc5ccc6cccc7ccc4c5c67)cc3)cnc2-c2ncc(-c3ccc4c5c6c(ccc35)C=CCC6=CC4)cc21.CC1(C)c2cc(-c3cccc(-c4ccc5ccc6cccc7ccc4c5c67)c3)cnc2-c2ncc(-c3ccc4c5c6c(ccc35)C=CCC6=CC4)cc21. The van der Waals surface area contributed by atoms with E-state index in [9.17, 15) is 0 Å². The Balaban J connectivity index is 0.000000129. The molecule has 0 amide bonds. The van der Waals surface area contributed by atoms with E-state index in [1.54, 1.807) is 0 Å². The molecule has 0 bridgehead atoms. The van der Waals surface area contributed by atoms with Gasteiger partial charge in [0, 0.05) is 57.9 Å². The van der Waals surface area contributed by atoms with E-state index < -0.39 is 0 Å². The van der Waals surface area contributed by atoms with Crippen LogP contribution in [0.1, 0.15) is 96.2 Å². The van der Waals surface area contributed by atoms with Crippen LogP contribution in [-0.2, 0) is 23.7 Å². The van der Waals surface area contributed by atoms with Crippen molar-refractivity contribution in [3.05, 3.63) is 335 Å². The maximum absolute atomic E-state index is 5.15. The van der Waals surface area contributed by atoms with Gasteiger partial charge in [0.05, 0.1) is 22.8 Å². The number of fused-ring (bicyclic) bond motifs is 6. The Morgan fingerprint density at radius 2 is 0.613 bits per heavy atom. The van der Waals surface area contributed by atoms with E-state index in [2.05, 4.69) is 307 Å². The molecule has 0 aliphatic heterocycles. The van der Waals surface area contributed by atoms with E-state index >= 15 is 0 Å². The molecule has 24 rings (SSSR count).